The van der Waals surface area contributed by atoms with Crippen LogP contribution in [0.5, 0.6) is 0 Å². The van der Waals surface area contributed by atoms with Gasteiger partial charge in [0, 0.05) is 17.5 Å². The number of nitrogen functional groups attached to an aromatic ring is 1. The zero-order valence-electron chi connectivity index (χ0n) is 24.9. The number of nitrogens with one attached hydrogen (secondary N) is 4. The smallest absolute Gasteiger partial charge is 0.481 e. The number of carboxylic acid groups (broad SMARTS) is 3. The number of halogens is 3. The Bertz CT molecular complexity index is 1480. The van der Waals surface area contributed by atoms with E-state index in [1.165, 1.54) is 0 Å². The van der Waals surface area contributed by atoms with Crippen LogP contribution in [0.3, 0.4) is 0 Å². The predicted octanol–water partition coefficient (Wildman–Crippen LogP) is 0.0815. The Hall–Kier alpha value is -5.56. The molecular weight excluding hydrogens is 651 g/mol. The molecule has 0 radical (unpaired) electrons. The standard InChI is InChI=1S/C27H31N5O9.C2HF3O2/c28-24(29)17-6-8-18(9-7-17)27(40-10-11-41-27)14-21(33)30-15-22(34)31-19(13-23(35)36)25(37)32-20(26(38)39)12-16-4-2-1-3-5-16;3-2(4,5)1(6)7/h1-9,19-20H,10-15H2,(H3,28,29)(H,30,33)(H,31,34)(H,32,37)(H,35,36)(H,38,39);(H,6,7)/t19-,20-;/m0./s1. The Balaban J connectivity index is 0.00000103. The molecule has 0 saturated carbocycles. The van der Waals surface area contributed by atoms with Gasteiger partial charge in [0.2, 0.25) is 23.5 Å². The molecule has 0 aromatic heterocycles. The Morgan fingerprint density at radius 2 is 1.44 bits per heavy atom. The first-order valence-electron chi connectivity index (χ1n) is 13.8. The van der Waals surface area contributed by atoms with Crippen LogP contribution in [0, 0.1) is 5.41 Å². The number of amidine groups is 1. The summed E-state index contributed by atoms with van der Waals surface area (Å²) in [7, 11) is 0. The Kier molecular flexibility index (Phi) is 14.0. The molecule has 19 heteroatoms. The van der Waals surface area contributed by atoms with Crippen LogP contribution in [0.15, 0.2) is 54.6 Å². The molecule has 0 aliphatic carbocycles. The molecule has 2 aromatic carbocycles. The normalized spacial score (nSPS) is 14.6. The fourth-order valence-corrected chi connectivity index (χ4v) is 4.13. The number of carbonyl (C=O) groups excluding carboxylic acids is 3. The second-order valence-electron chi connectivity index (χ2n) is 10.0. The lowest BCUT2D eigenvalue weighted by molar-refractivity contribution is -0.192. The molecule has 16 nitrogen and oxygen atoms in total. The van der Waals surface area contributed by atoms with Crippen LogP contribution in [-0.4, -0.2) is 94.8 Å². The van der Waals surface area contributed by atoms with E-state index < -0.39 is 72.6 Å². The fourth-order valence-electron chi connectivity index (χ4n) is 4.13. The third-order valence-electron chi connectivity index (χ3n) is 6.40. The van der Waals surface area contributed by atoms with Crippen LogP contribution in [0.1, 0.15) is 29.5 Å². The average Bonchev–Trinajstić information content (AvgIpc) is 3.49. The minimum atomic E-state index is -5.08. The number of carbonyl (C=O) groups is 6. The maximum absolute atomic E-state index is 12.8. The summed E-state index contributed by atoms with van der Waals surface area (Å²) in [6.45, 7) is -0.167. The SMILES string of the molecule is N=C(N)c1ccc(C2(CC(=O)NCC(=O)N[C@@H](CC(=O)O)C(=O)N[C@@H](Cc3ccccc3)C(=O)O)OCCO2)cc1.O=C(O)C(F)(F)F. The first kappa shape index (κ1) is 38.6. The van der Waals surface area contributed by atoms with Gasteiger partial charge in [0.05, 0.1) is 32.6 Å². The van der Waals surface area contributed by atoms with Crippen molar-refractivity contribution in [2.45, 2.75) is 43.3 Å². The van der Waals surface area contributed by atoms with Gasteiger partial charge in [-0.25, -0.2) is 9.59 Å². The van der Waals surface area contributed by atoms with E-state index in [1.54, 1.807) is 54.6 Å². The van der Waals surface area contributed by atoms with Crippen molar-refractivity contribution >= 4 is 41.5 Å². The number of alkyl halides is 3. The van der Waals surface area contributed by atoms with Crippen LogP contribution < -0.4 is 21.7 Å². The quantitative estimate of drug-likeness (QED) is 0.0972. The van der Waals surface area contributed by atoms with Crippen molar-refractivity contribution in [3.63, 3.8) is 0 Å². The van der Waals surface area contributed by atoms with Gasteiger partial charge < -0.3 is 46.5 Å². The molecule has 2 aromatic rings. The minimum absolute atomic E-state index is 0.0604. The van der Waals surface area contributed by atoms with Gasteiger partial charge in [0.1, 0.15) is 17.9 Å². The molecule has 1 saturated heterocycles. The number of hydrogen-bond donors (Lipinski definition) is 8. The number of carboxylic acids is 3. The highest BCUT2D eigenvalue weighted by Gasteiger charge is 2.41. The molecule has 260 valence electrons. The van der Waals surface area contributed by atoms with Gasteiger partial charge in [0.25, 0.3) is 0 Å². The van der Waals surface area contributed by atoms with Crippen molar-refractivity contribution in [1.82, 2.24) is 16.0 Å². The van der Waals surface area contributed by atoms with Gasteiger partial charge in [-0.05, 0) is 5.56 Å². The van der Waals surface area contributed by atoms with Crippen LogP contribution in [0.4, 0.5) is 13.2 Å². The highest BCUT2D eigenvalue weighted by atomic mass is 19.4. The molecule has 3 rings (SSSR count). The zero-order chi connectivity index (χ0) is 36.1. The van der Waals surface area contributed by atoms with Crippen molar-refractivity contribution in [2.24, 2.45) is 5.73 Å². The van der Waals surface area contributed by atoms with Crippen molar-refractivity contribution in [3.05, 3.63) is 71.3 Å². The van der Waals surface area contributed by atoms with Crippen molar-refractivity contribution in [3.8, 4) is 0 Å². The Morgan fingerprint density at radius 3 is 1.92 bits per heavy atom. The second kappa shape index (κ2) is 17.4. The molecule has 1 fully saturated rings. The van der Waals surface area contributed by atoms with Crippen LogP contribution in [0.2, 0.25) is 0 Å². The molecular formula is C29H32F3N5O11. The number of ether oxygens (including phenoxy) is 2. The first-order chi connectivity index (χ1) is 22.4. The molecule has 1 heterocycles. The number of rotatable bonds is 14. The minimum Gasteiger partial charge on any atom is -0.481 e. The first-order valence-corrected chi connectivity index (χ1v) is 13.8. The van der Waals surface area contributed by atoms with E-state index in [0.29, 0.717) is 16.7 Å². The summed E-state index contributed by atoms with van der Waals surface area (Å²) in [5, 5.41) is 40.3. The highest BCUT2D eigenvalue weighted by Crippen LogP contribution is 2.35. The molecule has 9 N–H and O–H groups in total. The summed E-state index contributed by atoms with van der Waals surface area (Å²) in [5.74, 6) is -9.57. The number of aliphatic carboxylic acids is 3. The van der Waals surface area contributed by atoms with Gasteiger partial charge in [-0.1, -0.05) is 54.6 Å². The molecule has 3 amide bonds. The predicted molar refractivity (Wildman–Crippen MR) is 156 cm³/mol. The second-order valence-corrected chi connectivity index (χ2v) is 10.0. The average molecular weight is 684 g/mol. The summed E-state index contributed by atoms with van der Waals surface area (Å²) < 4.78 is 43.2. The number of nitrogens with two attached hydrogens (primary N) is 1. The molecule has 0 unspecified atom stereocenters. The number of hydrogen-bond acceptors (Lipinski definition) is 9. The lowest BCUT2D eigenvalue weighted by Gasteiger charge is -2.27. The van der Waals surface area contributed by atoms with Crippen LogP contribution in [-0.2, 0) is 50.4 Å². The summed E-state index contributed by atoms with van der Waals surface area (Å²) in [6.07, 6.45) is -6.28. The maximum Gasteiger partial charge on any atom is 0.490 e. The van der Waals surface area contributed by atoms with Gasteiger partial charge in [-0.2, -0.15) is 13.2 Å². The fraction of sp³-hybridized carbons (Fsp3) is 0.345. The maximum atomic E-state index is 12.8. The van der Waals surface area contributed by atoms with Gasteiger partial charge in [-0.15, -0.1) is 0 Å². The van der Waals surface area contributed by atoms with E-state index in [9.17, 15) is 47.4 Å². The van der Waals surface area contributed by atoms with E-state index in [2.05, 4.69) is 16.0 Å². The van der Waals surface area contributed by atoms with E-state index in [1.807, 2.05) is 0 Å². The zero-order valence-corrected chi connectivity index (χ0v) is 24.9. The third-order valence-corrected chi connectivity index (χ3v) is 6.40. The van der Waals surface area contributed by atoms with Gasteiger partial charge in [-0.3, -0.25) is 24.6 Å². The number of amides is 3. The molecule has 48 heavy (non-hydrogen) atoms. The lowest BCUT2D eigenvalue weighted by atomic mass is 10.00. The van der Waals surface area contributed by atoms with E-state index in [-0.39, 0.29) is 31.9 Å². The van der Waals surface area contributed by atoms with E-state index in [0.717, 1.165) is 0 Å². The van der Waals surface area contributed by atoms with Crippen molar-refractivity contribution in [2.75, 3.05) is 19.8 Å². The summed E-state index contributed by atoms with van der Waals surface area (Å²) in [4.78, 5) is 69.9. The highest BCUT2D eigenvalue weighted by molar-refractivity contribution is 5.95. The van der Waals surface area contributed by atoms with Crippen LogP contribution >= 0.6 is 0 Å². The topological polar surface area (TPSA) is 268 Å². The third kappa shape index (κ3) is 12.3. The summed E-state index contributed by atoms with van der Waals surface area (Å²) >= 11 is 0. The van der Waals surface area contributed by atoms with Gasteiger partial charge in [0.15, 0.2) is 0 Å². The van der Waals surface area contributed by atoms with E-state index >= 15 is 0 Å². The lowest BCUT2D eigenvalue weighted by Crippen LogP contribution is -2.54. The molecule has 1 aliphatic rings. The summed E-state index contributed by atoms with van der Waals surface area (Å²) in [5.41, 5.74) is 7.08. The Morgan fingerprint density at radius 1 is 0.875 bits per heavy atom. The summed E-state index contributed by atoms with van der Waals surface area (Å²) in [6, 6.07) is 11.9. The molecule has 0 bridgehead atoms. The number of benzene rings is 2. The van der Waals surface area contributed by atoms with Crippen molar-refractivity contribution < 1.29 is 66.7 Å². The monoisotopic (exact) mass is 683 g/mol. The molecule has 0 spiro atoms. The molecule has 2 atom stereocenters. The van der Waals surface area contributed by atoms with Gasteiger partial charge >= 0.3 is 24.1 Å². The van der Waals surface area contributed by atoms with Crippen molar-refractivity contribution in [1.29, 1.82) is 5.41 Å². The van der Waals surface area contributed by atoms with E-state index in [4.69, 9.17) is 30.5 Å². The Labute approximate surface area is 269 Å². The van der Waals surface area contributed by atoms with Crippen LogP contribution in [0.25, 0.3) is 0 Å². The molecule has 1 aliphatic heterocycles. The largest absolute Gasteiger partial charge is 0.490 e.